The Labute approximate surface area is 147 Å². The van der Waals surface area contributed by atoms with E-state index < -0.39 is 0 Å². The predicted molar refractivity (Wildman–Crippen MR) is 99.3 cm³/mol. The molecule has 0 bridgehead atoms. The van der Waals surface area contributed by atoms with Crippen molar-refractivity contribution in [3.63, 3.8) is 0 Å². The average molecular weight is 336 g/mol. The van der Waals surface area contributed by atoms with Crippen LogP contribution in [0.2, 0.25) is 0 Å². The lowest BCUT2D eigenvalue weighted by molar-refractivity contribution is 0.113. The first kappa shape index (κ1) is 15.9. The van der Waals surface area contributed by atoms with Crippen LogP contribution in [0, 0.1) is 16.2 Å². The number of nitrogens with zero attached hydrogens (tertiary/aromatic N) is 4. The molecule has 25 heavy (non-hydrogen) atoms. The van der Waals surface area contributed by atoms with Gasteiger partial charge in [-0.2, -0.15) is 0 Å². The molecule has 128 valence electrons. The topological polar surface area (TPSA) is 74.4 Å². The highest BCUT2D eigenvalue weighted by Gasteiger charge is 2.37. The van der Waals surface area contributed by atoms with E-state index in [1.165, 1.54) is 25.9 Å². The summed E-state index contributed by atoms with van der Waals surface area (Å²) in [5.41, 5.74) is 3.04. The maximum absolute atomic E-state index is 11.2. The van der Waals surface area contributed by atoms with Crippen molar-refractivity contribution in [1.82, 2.24) is 19.6 Å². The summed E-state index contributed by atoms with van der Waals surface area (Å²) in [4.78, 5) is 23.1. The molecule has 3 aliphatic rings. The molecule has 1 aromatic rings. The molecule has 6 nitrogen and oxygen atoms in total. The molecule has 2 fully saturated rings. The second-order valence-electron chi connectivity index (χ2n) is 7.00. The van der Waals surface area contributed by atoms with Gasteiger partial charge in [0.1, 0.15) is 0 Å². The summed E-state index contributed by atoms with van der Waals surface area (Å²) in [5, 5.41) is 8.30. The summed E-state index contributed by atoms with van der Waals surface area (Å²) in [6.45, 7) is 5.46. The SMILES string of the molecule is N=C1C(N2CC(CN3CCCC3)C2)=CC(c2cccnc2)=CC1=[N+]=O. The molecule has 4 rings (SSSR count). The zero-order chi connectivity index (χ0) is 17.2. The Bertz CT molecular complexity index is 779. The van der Waals surface area contributed by atoms with Gasteiger partial charge in [-0.05, 0) is 43.6 Å². The number of pyridine rings is 1. The van der Waals surface area contributed by atoms with Crippen molar-refractivity contribution < 1.29 is 0 Å². The van der Waals surface area contributed by atoms with Crippen molar-refractivity contribution in [2.45, 2.75) is 12.8 Å². The van der Waals surface area contributed by atoms with E-state index in [2.05, 4.69) is 19.6 Å². The van der Waals surface area contributed by atoms with Crippen LogP contribution >= 0.6 is 0 Å². The smallest absolute Gasteiger partial charge is 0.369 e. The van der Waals surface area contributed by atoms with Crippen LogP contribution in [0.5, 0.6) is 0 Å². The van der Waals surface area contributed by atoms with Crippen LogP contribution in [0.3, 0.4) is 0 Å². The fourth-order valence-electron chi connectivity index (χ4n) is 3.85. The molecule has 2 saturated heterocycles. The van der Waals surface area contributed by atoms with E-state index in [-0.39, 0.29) is 11.4 Å². The van der Waals surface area contributed by atoms with Crippen molar-refractivity contribution in [2.24, 2.45) is 5.92 Å². The van der Waals surface area contributed by atoms with Gasteiger partial charge in [0.15, 0.2) is 10.6 Å². The highest BCUT2D eigenvalue weighted by Crippen LogP contribution is 2.29. The zero-order valence-electron chi connectivity index (χ0n) is 14.2. The van der Waals surface area contributed by atoms with Crippen LogP contribution in [0.4, 0.5) is 0 Å². The quantitative estimate of drug-likeness (QED) is 0.671. The summed E-state index contributed by atoms with van der Waals surface area (Å²) in [5.74, 6) is 0.646. The standard InChI is InChI=1S/C19H22N5O/c20-19-17(22-25)8-16(15-4-3-5-21-10-15)9-18(19)24-12-14(13-24)11-23-6-1-2-7-23/h3-5,8-10,14,20H,1-2,6-7,11-13H2/q+1. The Morgan fingerprint density at radius 3 is 2.72 bits per heavy atom. The predicted octanol–water partition coefficient (Wildman–Crippen LogP) is 1.68. The minimum Gasteiger partial charge on any atom is -0.369 e. The highest BCUT2D eigenvalue weighted by molar-refractivity contribution is 6.52. The van der Waals surface area contributed by atoms with Gasteiger partial charge in [0, 0.05) is 49.6 Å². The first-order valence-corrected chi connectivity index (χ1v) is 8.85. The molecule has 0 unspecified atom stereocenters. The van der Waals surface area contributed by atoms with E-state index in [1.54, 1.807) is 18.5 Å². The number of hydrogen-bond acceptors (Lipinski definition) is 5. The van der Waals surface area contributed by atoms with Crippen LogP contribution in [-0.2, 0) is 0 Å². The molecule has 0 saturated carbocycles. The molecule has 3 heterocycles. The Morgan fingerprint density at radius 1 is 1.24 bits per heavy atom. The lowest BCUT2D eigenvalue weighted by Crippen LogP contribution is -2.52. The summed E-state index contributed by atoms with van der Waals surface area (Å²) >= 11 is 0. The molecule has 0 atom stereocenters. The second-order valence-corrected chi connectivity index (χ2v) is 7.00. The van der Waals surface area contributed by atoms with Crippen LogP contribution < -0.4 is 4.85 Å². The number of allylic oxidation sites excluding steroid dienone is 4. The molecule has 0 amide bonds. The molecule has 0 spiro atoms. The average Bonchev–Trinajstić information content (AvgIpc) is 3.12. The van der Waals surface area contributed by atoms with Crippen LogP contribution in [0.1, 0.15) is 18.4 Å². The van der Waals surface area contributed by atoms with Gasteiger partial charge in [0.25, 0.3) is 0 Å². The summed E-state index contributed by atoms with van der Waals surface area (Å²) < 4.78 is 0. The monoisotopic (exact) mass is 336 g/mol. The third-order valence-electron chi connectivity index (χ3n) is 5.20. The van der Waals surface area contributed by atoms with Crippen molar-refractivity contribution in [2.75, 3.05) is 32.7 Å². The van der Waals surface area contributed by atoms with E-state index in [1.807, 2.05) is 18.2 Å². The molecular formula is C19H22N5O+. The number of hydrogen-bond donors (Lipinski definition) is 1. The summed E-state index contributed by atoms with van der Waals surface area (Å²) in [6.07, 6.45) is 9.78. The molecule has 0 radical (unpaired) electrons. The highest BCUT2D eigenvalue weighted by atomic mass is 16.2. The fourth-order valence-corrected chi connectivity index (χ4v) is 3.85. The Kier molecular flexibility index (Phi) is 4.30. The first-order valence-electron chi connectivity index (χ1n) is 8.85. The second kappa shape index (κ2) is 6.75. The summed E-state index contributed by atoms with van der Waals surface area (Å²) in [6, 6.07) is 3.82. The van der Waals surface area contributed by atoms with Gasteiger partial charge in [0.2, 0.25) is 4.85 Å². The van der Waals surface area contributed by atoms with Crippen molar-refractivity contribution >= 4 is 17.0 Å². The zero-order valence-corrected chi connectivity index (χ0v) is 14.2. The van der Waals surface area contributed by atoms with Crippen LogP contribution in [0.15, 0.2) is 42.4 Å². The Morgan fingerprint density at radius 2 is 2.04 bits per heavy atom. The molecule has 6 heteroatoms. The van der Waals surface area contributed by atoms with Crippen molar-refractivity contribution in [1.29, 1.82) is 5.41 Å². The number of aromatic nitrogens is 1. The summed E-state index contributed by atoms with van der Waals surface area (Å²) in [7, 11) is 0. The third-order valence-corrected chi connectivity index (χ3v) is 5.20. The number of nitrogens with one attached hydrogen (secondary N) is 1. The van der Waals surface area contributed by atoms with Gasteiger partial charge in [-0.15, -0.1) is 0 Å². The maximum atomic E-state index is 11.2. The van der Waals surface area contributed by atoms with Gasteiger partial charge in [-0.3, -0.25) is 10.4 Å². The molecule has 1 N–H and O–H groups in total. The third kappa shape index (κ3) is 3.18. The maximum Gasteiger partial charge on any atom is 0.423 e. The lowest BCUT2D eigenvalue weighted by Gasteiger charge is -2.43. The van der Waals surface area contributed by atoms with Gasteiger partial charge < -0.3 is 9.80 Å². The van der Waals surface area contributed by atoms with E-state index in [0.717, 1.165) is 36.5 Å². The van der Waals surface area contributed by atoms with Crippen molar-refractivity contribution in [3.8, 4) is 0 Å². The van der Waals surface area contributed by atoms with Crippen LogP contribution in [-0.4, -0.2) is 58.9 Å². The number of rotatable bonds is 4. The van der Waals surface area contributed by atoms with E-state index in [9.17, 15) is 4.91 Å². The Balaban J connectivity index is 1.50. The fraction of sp³-hybridized carbons (Fsp3) is 0.421. The molecule has 0 aromatic carbocycles. The van der Waals surface area contributed by atoms with Gasteiger partial charge in [-0.1, -0.05) is 6.07 Å². The first-order chi connectivity index (χ1) is 12.2. The molecule has 1 aromatic heterocycles. The largest absolute Gasteiger partial charge is 0.423 e. The van der Waals surface area contributed by atoms with E-state index in [0.29, 0.717) is 5.92 Å². The molecule has 1 aliphatic carbocycles. The molecule has 2 aliphatic heterocycles. The van der Waals surface area contributed by atoms with E-state index in [4.69, 9.17) is 5.41 Å². The number of likely N-dealkylation sites (tertiary alicyclic amines) is 2. The van der Waals surface area contributed by atoms with Crippen molar-refractivity contribution in [3.05, 3.63) is 52.8 Å². The Hall–Kier alpha value is -2.56. The lowest BCUT2D eigenvalue weighted by atomic mass is 9.91. The molecular weight excluding hydrogens is 314 g/mol. The van der Waals surface area contributed by atoms with Crippen LogP contribution in [0.25, 0.3) is 5.57 Å². The van der Waals surface area contributed by atoms with Gasteiger partial charge in [0.05, 0.1) is 5.70 Å². The van der Waals surface area contributed by atoms with E-state index >= 15 is 0 Å². The number of nitroso groups, excluding NO2 is 1. The minimum atomic E-state index is 0.194. The normalized spacial score (nSPS) is 21.7. The minimum absolute atomic E-state index is 0.194. The van der Waals surface area contributed by atoms with Gasteiger partial charge in [-0.25, -0.2) is 0 Å². The van der Waals surface area contributed by atoms with Gasteiger partial charge >= 0.3 is 5.71 Å².